The van der Waals surface area contributed by atoms with Crippen molar-refractivity contribution < 1.29 is 0 Å². The van der Waals surface area contributed by atoms with E-state index in [1.54, 1.807) is 0 Å². The van der Waals surface area contributed by atoms with Crippen LogP contribution in [-0.2, 0) is 0 Å². The molecular weight excluding hydrogens is 148 g/mol. The molecular formula is C10H22N2. The maximum Gasteiger partial charge on any atom is 0.0135 e. The molecule has 0 N–H and O–H groups in total. The Morgan fingerprint density at radius 3 is 2.08 bits per heavy atom. The van der Waals surface area contributed by atoms with E-state index in [1.807, 2.05) is 0 Å². The lowest BCUT2D eigenvalue weighted by Crippen LogP contribution is -2.46. The summed E-state index contributed by atoms with van der Waals surface area (Å²) in [5, 5.41) is 4.96. The Hall–Kier alpha value is -0.0800. The second kappa shape index (κ2) is 4.83. The van der Waals surface area contributed by atoms with Gasteiger partial charge in [-0.1, -0.05) is 20.8 Å². The Labute approximate surface area is 76.5 Å². The normalized spacial score (nSPS) is 22.0. The number of rotatable bonds is 3. The van der Waals surface area contributed by atoms with Crippen molar-refractivity contribution in [1.29, 1.82) is 0 Å². The molecule has 1 heterocycles. The fraction of sp³-hybridized carbons (Fsp3) is 1.00. The van der Waals surface area contributed by atoms with Crippen molar-refractivity contribution in [3.63, 3.8) is 0 Å². The van der Waals surface area contributed by atoms with Crippen molar-refractivity contribution in [1.82, 2.24) is 10.0 Å². The van der Waals surface area contributed by atoms with E-state index in [-0.39, 0.29) is 0 Å². The van der Waals surface area contributed by atoms with E-state index >= 15 is 0 Å². The topological polar surface area (TPSA) is 6.48 Å². The Kier molecular flexibility index (Phi) is 4.02. The van der Waals surface area contributed by atoms with Crippen LogP contribution < -0.4 is 0 Å². The van der Waals surface area contributed by atoms with Crippen molar-refractivity contribution in [3.05, 3.63) is 0 Å². The predicted molar refractivity (Wildman–Crippen MR) is 52.9 cm³/mol. The summed E-state index contributed by atoms with van der Waals surface area (Å²) in [6.45, 7) is 11.7. The van der Waals surface area contributed by atoms with Crippen molar-refractivity contribution in [2.75, 3.05) is 26.2 Å². The van der Waals surface area contributed by atoms with Gasteiger partial charge in [0.2, 0.25) is 0 Å². The molecule has 0 aliphatic carbocycles. The fourth-order valence-electron chi connectivity index (χ4n) is 1.90. The third kappa shape index (κ3) is 2.46. The summed E-state index contributed by atoms with van der Waals surface area (Å²) in [6.07, 6.45) is 2.74. The van der Waals surface area contributed by atoms with Crippen LogP contribution in [0.2, 0.25) is 0 Å². The first kappa shape index (κ1) is 10.0. The summed E-state index contributed by atoms with van der Waals surface area (Å²) in [5.41, 5.74) is 0. The number of nitrogens with zero attached hydrogens (tertiary/aromatic N) is 2. The Morgan fingerprint density at radius 1 is 1.17 bits per heavy atom. The molecule has 0 atom stereocenters. The highest BCUT2D eigenvalue weighted by atomic mass is 15.6. The van der Waals surface area contributed by atoms with Crippen LogP contribution in [0.5, 0.6) is 0 Å². The molecule has 0 bridgehead atoms. The third-order valence-corrected chi connectivity index (χ3v) is 2.89. The monoisotopic (exact) mass is 170 g/mol. The van der Waals surface area contributed by atoms with Crippen LogP contribution in [0.1, 0.15) is 33.6 Å². The van der Waals surface area contributed by atoms with Gasteiger partial charge in [0.15, 0.2) is 0 Å². The zero-order valence-corrected chi connectivity index (χ0v) is 8.71. The predicted octanol–water partition coefficient (Wildman–Crippen LogP) is 1.98. The minimum absolute atomic E-state index is 0.941. The van der Waals surface area contributed by atoms with Gasteiger partial charge in [-0.05, 0) is 18.8 Å². The van der Waals surface area contributed by atoms with E-state index in [0.29, 0.717) is 0 Å². The Bertz CT molecular complexity index is 113. The standard InChI is InChI=1S/C10H22N2/c1-4-11(5-2)12-8-6-10(3)7-9-12/h10H,4-9H2,1-3H3. The quantitative estimate of drug-likeness (QED) is 0.639. The van der Waals surface area contributed by atoms with Gasteiger partial charge in [0.1, 0.15) is 0 Å². The van der Waals surface area contributed by atoms with Crippen molar-refractivity contribution in [2.45, 2.75) is 33.6 Å². The molecule has 72 valence electrons. The average molecular weight is 170 g/mol. The van der Waals surface area contributed by atoms with Crippen molar-refractivity contribution in [2.24, 2.45) is 5.92 Å². The number of hydrogen-bond acceptors (Lipinski definition) is 2. The van der Waals surface area contributed by atoms with Gasteiger partial charge >= 0.3 is 0 Å². The summed E-state index contributed by atoms with van der Waals surface area (Å²) in [4.78, 5) is 0. The first-order chi connectivity index (χ1) is 5.77. The molecule has 12 heavy (non-hydrogen) atoms. The molecule has 1 saturated heterocycles. The van der Waals surface area contributed by atoms with E-state index in [9.17, 15) is 0 Å². The van der Waals surface area contributed by atoms with E-state index < -0.39 is 0 Å². The maximum absolute atomic E-state index is 2.51. The van der Waals surface area contributed by atoms with E-state index in [1.165, 1.54) is 25.9 Å². The second-order valence-corrected chi connectivity index (χ2v) is 3.78. The van der Waals surface area contributed by atoms with E-state index in [0.717, 1.165) is 19.0 Å². The van der Waals surface area contributed by atoms with Gasteiger partial charge in [0.05, 0.1) is 0 Å². The molecule has 2 heteroatoms. The van der Waals surface area contributed by atoms with Gasteiger partial charge in [-0.2, -0.15) is 0 Å². The summed E-state index contributed by atoms with van der Waals surface area (Å²) >= 11 is 0. The summed E-state index contributed by atoms with van der Waals surface area (Å²) < 4.78 is 0. The minimum Gasteiger partial charge on any atom is -0.242 e. The van der Waals surface area contributed by atoms with Crippen LogP contribution in [0, 0.1) is 5.92 Å². The summed E-state index contributed by atoms with van der Waals surface area (Å²) in [5.74, 6) is 0.941. The molecule has 1 fully saturated rings. The lowest BCUT2D eigenvalue weighted by Gasteiger charge is -2.38. The van der Waals surface area contributed by atoms with Gasteiger partial charge in [0.25, 0.3) is 0 Å². The molecule has 1 aliphatic rings. The molecule has 1 rings (SSSR count). The molecule has 0 aromatic carbocycles. The van der Waals surface area contributed by atoms with Gasteiger partial charge in [0, 0.05) is 26.2 Å². The lowest BCUT2D eigenvalue weighted by molar-refractivity contribution is -0.0399. The van der Waals surface area contributed by atoms with Crippen LogP contribution in [0.3, 0.4) is 0 Å². The molecule has 1 aliphatic heterocycles. The lowest BCUT2D eigenvalue weighted by atomic mass is 10.0. The highest BCUT2D eigenvalue weighted by molar-refractivity contribution is 4.67. The minimum atomic E-state index is 0.941. The molecule has 2 nitrogen and oxygen atoms in total. The van der Waals surface area contributed by atoms with Crippen LogP contribution >= 0.6 is 0 Å². The van der Waals surface area contributed by atoms with Gasteiger partial charge in [-0.3, -0.25) is 0 Å². The van der Waals surface area contributed by atoms with Crippen molar-refractivity contribution >= 4 is 0 Å². The number of hydrazine groups is 1. The third-order valence-electron chi connectivity index (χ3n) is 2.89. The maximum atomic E-state index is 2.51. The number of hydrogen-bond donors (Lipinski definition) is 0. The van der Waals surface area contributed by atoms with Gasteiger partial charge in [-0.15, -0.1) is 0 Å². The molecule has 0 amide bonds. The largest absolute Gasteiger partial charge is 0.242 e. The molecule has 0 aromatic rings. The molecule has 0 saturated carbocycles. The first-order valence-electron chi connectivity index (χ1n) is 5.27. The SMILES string of the molecule is CCN(CC)N1CCC(C)CC1. The van der Waals surface area contributed by atoms with Crippen LogP contribution in [0.4, 0.5) is 0 Å². The molecule has 0 spiro atoms. The average Bonchev–Trinajstić information content (AvgIpc) is 2.10. The highest BCUT2D eigenvalue weighted by Crippen LogP contribution is 2.17. The molecule has 0 aromatic heterocycles. The van der Waals surface area contributed by atoms with Crippen molar-refractivity contribution in [3.8, 4) is 0 Å². The van der Waals surface area contributed by atoms with Gasteiger partial charge in [-0.25, -0.2) is 10.0 Å². The molecule has 0 unspecified atom stereocenters. The van der Waals surface area contributed by atoms with E-state index in [2.05, 4.69) is 30.8 Å². The van der Waals surface area contributed by atoms with Crippen LogP contribution in [0.25, 0.3) is 0 Å². The highest BCUT2D eigenvalue weighted by Gasteiger charge is 2.18. The van der Waals surface area contributed by atoms with Crippen LogP contribution in [0.15, 0.2) is 0 Å². The second-order valence-electron chi connectivity index (χ2n) is 3.78. The molecule has 0 radical (unpaired) electrons. The Morgan fingerprint density at radius 2 is 1.67 bits per heavy atom. The van der Waals surface area contributed by atoms with E-state index in [4.69, 9.17) is 0 Å². The number of piperidine rings is 1. The zero-order chi connectivity index (χ0) is 8.97. The zero-order valence-electron chi connectivity index (χ0n) is 8.71. The fourth-order valence-corrected chi connectivity index (χ4v) is 1.90. The first-order valence-corrected chi connectivity index (χ1v) is 5.27. The smallest absolute Gasteiger partial charge is 0.0135 e. The van der Waals surface area contributed by atoms with Crippen LogP contribution in [-0.4, -0.2) is 36.2 Å². The summed E-state index contributed by atoms with van der Waals surface area (Å²) in [6, 6.07) is 0. The summed E-state index contributed by atoms with van der Waals surface area (Å²) in [7, 11) is 0. The van der Waals surface area contributed by atoms with Gasteiger partial charge < -0.3 is 0 Å². The Balaban J connectivity index is 2.32.